The van der Waals surface area contributed by atoms with Gasteiger partial charge in [-0.15, -0.1) is 0 Å². The van der Waals surface area contributed by atoms with Crippen molar-refractivity contribution < 1.29 is 9.90 Å². The first-order chi connectivity index (χ1) is 9.63. The highest BCUT2D eigenvalue weighted by Gasteiger charge is 2.19. The first-order valence-electron chi connectivity index (χ1n) is 6.78. The molecule has 0 atom stereocenters. The van der Waals surface area contributed by atoms with Gasteiger partial charge in [0.1, 0.15) is 0 Å². The van der Waals surface area contributed by atoms with Crippen LogP contribution in [0.15, 0.2) is 42.5 Å². The van der Waals surface area contributed by atoms with Gasteiger partial charge in [-0.25, -0.2) is 4.79 Å². The molecule has 1 fully saturated rings. The van der Waals surface area contributed by atoms with Crippen LogP contribution in [0.5, 0.6) is 0 Å². The molecule has 102 valence electrons. The van der Waals surface area contributed by atoms with Crippen molar-refractivity contribution in [3.8, 4) is 11.1 Å². The quantitative estimate of drug-likeness (QED) is 0.864. The topological polar surface area (TPSA) is 37.3 Å². The molecule has 0 saturated heterocycles. The molecule has 0 aromatic heterocycles. The molecule has 3 heteroatoms. The highest BCUT2D eigenvalue weighted by molar-refractivity contribution is 6.31. The molecular formula is C17H15ClO2. The molecule has 0 amide bonds. The monoisotopic (exact) mass is 286 g/mol. The first kappa shape index (κ1) is 13.2. The average Bonchev–Trinajstić information content (AvgIpc) is 2.37. The van der Waals surface area contributed by atoms with Crippen LogP contribution in [0.25, 0.3) is 11.1 Å². The van der Waals surface area contributed by atoms with Crippen molar-refractivity contribution in [2.24, 2.45) is 0 Å². The molecule has 1 aliphatic rings. The maximum absolute atomic E-state index is 11.1. The zero-order chi connectivity index (χ0) is 14.1. The summed E-state index contributed by atoms with van der Waals surface area (Å²) in [6, 6.07) is 13.3. The Hall–Kier alpha value is -1.80. The molecule has 0 spiro atoms. The van der Waals surface area contributed by atoms with E-state index in [1.165, 1.54) is 30.9 Å². The van der Waals surface area contributed by atoms with Gasteiger partial charge in [-0.05, 0) is 53.6 Å². The van der Waals surface area contributed by atoms with Gasteiger partial charge < -0.3 is 5.11 Å². The Kier molecular flexibility index (Phi) is 3.49. The Labute approximate surface area is 123 Å². The SMILES string of the molecule is O=C(O)c1cc(Cl)cc(-c2ccc(C3CCC3)cc2)c1. The summed E-state index contributed by atoms with van der Waals surface area (Å²) in [4.78, 5) is 11.1. The Morgan fingerprint density at radius 2 is 1.75 bits per heavy atom. The standard InChI is InChI=1S/C17H15ClO2/c18-16-9-14(8-15(10-16)17(19)20)13-6-4-12(5-7-13)11-2-1-3-11/h4-11H,1-3H2,(H,19,20). The summed E-state index contributed by atoms with van der Waals surface area (Å²) in [6.45, 7) is 0. The van der Waals surface area contributed by atoms with Crippen LogP contribution in [0.4, 0.5) is 0 Å². The maximum Gasteiger partial charge on any atom is 0.335 e. The van der Waals surface area contributed by atoms with Crippen molar-refractivity contribution in [3.05, 3.63) is 58.6 Å². The number of halogens is 1. The second-order valence-corrected chi connectivity index (χ2v) is 5.72. The minimum Gasteiger partial charge on any atom is -0.478 e. The van der Waals surface area contributed by atoms with Gasteiger partial charge in [-0.1, -0.05) is 42.3 Å². The summed E-state index contributed by atoms with van der Waals surface area (Å²) < 4.78 is 0. The van der Waals surface area contributed by atoms with Crippen molar-refractivity contribution in [1.82, 2.24) is 0 Å². The molecule has 3 rings (SSSR count). The van der Waals surface area contributed by atoms with Crippen molar-refractivity contribution in [3.63, 3.8) is 0 Å². The molecule has 1 aliphatic carbocycles. The van der Waals surface area contributed by atoms with Crippen LogP contribution in [0, 0.1) is 0 Å². The van der Waals surface area contributed by atoms with E-state index in [0.717, 1.165) is 11.1 Å². The third kappa shape index (κ3) is 2.56. The fourth-order valence-electron chi connectivity index (χ4n) is 2.57. The van der Waals surface area contributed by atoms with Crippen LogP contribution < -0.4 is 0 Å². The molecule has 1 N–H and O–H groups in total. The molecule has 20 heavy (non-hydrogen) atoms. The lowest BCUT2D eigenvalue weighted by Crippen LogP contribution is -2.08. The maximum atomic E-state index is 11.1. The van der Waals surface area contributed by atoms with Gasteiger partial charge in [0.25, 0.3) is 0 Å². The lowest BCUT2D eigenvalue weighted by atomic mass is 9.80. The smallest absolute Gasteiger partial charge is 0.335 e. The third-order valence-electron chi connectivity index (χ3n) is 3.97. The lowest BCUT2D eigenvalue weighted by Gasteiger charge is -2.25. The molecule has 1 saturated carbocycles. The van der Waals surface area contributed by atoms with Crippen LogP contribution in [0.1, 0.15) is 41.1 Å². The highest BCUT2D eigenvalue weighted by atomic mass is 35.5. The van der Waals surface area contributed by atoms with Gasteiger partial charge in [0.05, 0.1) is 5.56 Å². The third-order valence-corrected chi connectivity index (χ3v) is 4.18. The summed E-state index contributed by atoms with van der Waals surface area (Å²) >= 11 is 5.99. The molecule has 2 nitrogen and oxygen atoms in total. The summed E-state index contributed by atoms with van der Waals surface area (Å²) in [7, 11) is 0. The van der Waals surface area contributed by atoms with E-state index in [-0.39, 0.29) is 5.56 Å². The number of hydrogen-bond acceptors (Lipinski definition) is 1. The predicted octanol–water partition coefficient (Wildman–Crippen LogP) is 4.97. The fourth-order valence-corrected chi connectivity index (χ4v) is 2.80. The number of aromatic carboxylic acids is 1. The number of benzene rings is 2. The van der Waals surface area contributed by atoms with Gasteiger partial charge >= 0.3 is 5.97 Å². The summed E-state index contributed by atoms with van der Waals surface area (Å²) in [5.74, 6) is -0.252. The molecule has 0 radical (unpaired) electrons. The van der Waals surface area contributed by atoms with Crippen LogP contribution in [0.3, 0.4) is 0 Å². The number of rotatable bonds is 3. The van der Waals surface area contributed by atoms with E-state index >= 15 is 0 Å². The summed E-state index contributed by atoms with van der Waals surface area (Å²) in [6.07, 6.45) is 3.88. The van der Waals surface area contributed by atoms with Gasteiger partial charge in [0.2, 0.25) is 0 Å². The van der Waals surface area contributed by atoms with Crippen LogP contribution in [0.2, 0.25) is 5.02 Å². The zero-order valence-corrected chi connectivity index (χ0v) is 11.7. The average molecular weight is 287 g/mol. The van der Waals surface area contributed by atoms with E-state index in [1.54, 1.807) is 12.1 Å². The summed E-state index contributed by atoms with van der Waals surface area (Å²) in [5, 5.41) is 9.53. The normalized spacial score (nSPS) is 14.8. The molecule has 0 aliphatic heterocycles. The Bertz CT molecular complexity index is 643. The number of hydrogen-bond donors (Lipinski definition) is 1. The molecule has 2 aromatic rings. The van der Waals surface area contributed by atoms with Gasteiger partial charge in [-0.2, -0.15) is 0 Å². The minimum atomic E-state index is -0.958. The van der Waals surface area contributed by atoms with Crippen LogP contribution >= 0.6 is 11.6 Å². The molecular weight excluding hydrogens is 272 g/mol. The molecule has 2 aromatic carbocycles. The van der Waals surface area contributed by atoms with E-state index in [0.29, 0.717) is 10.9 Å². The predicted molar refractivity (Wildman–Crippen MR) is 80.4 cm³/mol. The zero-order valence-electron chi connectivity index (χ0n) is 11.0. The highest BCUT2D eigenvalue weighted by Crippen LogP contribution is 2.37. The molecule has 0 heterocycles. The molecule has 0 unspecified atom stereocenters. The van der Waals surface area contributed by atoms with Crippen molar-refractivity contribution >= 4 is 17.6 Å². The van der Waals surface area contributed by atoms with Crippen molar-refractivity contribution in [2.75, 3.05) is 0 Å². The summed E-state index contributed by atoms with van der Waals surface area (Å²) in [5.41, 5.74) is 3.43. The van der Waals surface area contributed by atoms with Gasteiger partial charge in [0, 0.05) is 5.02 Å². The van der Waals surface area contributed by atoms with Crippen LogP contribution in [-0.4, -0.2) is 11.1 Å². The lowest BCUT2D eigenvalue weighted by molar-refractivity contribution is 0.0697. The second-order valence-electron chi connectivity index (χ2n) is 5.28. The van der Waals surface area contributed by atoms with E-state index < -0.39 is 5.97 Å². The van der Waals surface area contributed by atoms with Gasteiger partial charge in [-0.3, -0.25) is 0 Å². The number of carboxylic acids is 1. The van der Waals surface area contributed by atoms with E-state index in [1.807, 2.05) is 12.1 Å². The number of carboxylic acid groups (broad SMARTS) is 1. The molecule has 0 bridgehead atoms. The second kappa shape index (κ2) is 5.29. The largest absolute Gasteiger partial charge is 0.478 e. The van der Waals surface area contributed by atoms with E-state index in [4.69, 9.17) is 16.7 Å². The Morgan fingerprint density at radius 1 is 1.05 bits per heavy atom. The first-order valence-corrected chi connectivity index (χ1v) is 7.15. The fraction of sp³-hybridized carbons (Fsp3) is 0.235. The van der Waals surface area contributed by atoms with E-state index in [2.05, 4.69) is 12.1 Å². The van der Waals surface area contributed by atoms with Gasteiger partial charge in [0.15, 0.2) is 0 Å². The van der Waals surface area contributed by atoms with Crippen molar-refractivity contribution in [1.29, 1.82) is 0 Å². The van der Waals surface area contributed by atoms with Crippen LogP contribution in [-0.2, 0) is 0 Å². The Morgan fingerprint density at radius 3 is 2.30 bits per heavy atom. The Balaban J connectivity index is 1.93. The minimum absolute atomic E-state index is 0.218. The number of carbonyl (C=O) groups is 1. The van der Waals surface area contributed by atoms with E-state index in [9.17, 15) is 4.79 Å². The van der Waals surface area contributed by atoms with Crippen molar-refractivity contribution in [2.45, 2.75) is 25.2 Å².